The van der Waals surface area contributed by atoms with E-state index in [1.807, 2.05) is 38.1 Å². The minimum absolute atomic E-state index is 0.00221. The molecule has 0 saturated heterocycles. The van der Waals surface area contributed by atoms with Gasteiger partial charge >= 0.3 is 0 Å². The molecule has 0 spiro atoms. The Hall–Kier alpha value is -2.23. The van der Waals surface area contributed by atoms with E-state index in [0.29, 0.717) is 5.56 Å². The first kappa shape index (κ1) is 13.2. The van der Waals surface area contributed by atoms with E-state index < -0.39 is 0 Å². The van der Waals surface area contributed by atoms with Gasteiger partial charge in [-0.2, -0.15) is 0 Å². The maximum atomic E-state index is 11.5. The second kappa shape index (κ2) is 5.18. The number of H-pyrrole nitrogens is 1. The molecule has 1 aromatic carbocycles. The van der Waals surface area contributed by atoms with Crippen molar-refractivity contribution in [1.29, 1.82) is 0 Å². The first-order valence-corrected chi connectivity index (χ1v) is 6.13. The Morgan fingerprint density at radius 2 is 1.84 bits per heavy atom. The molecule has 0 amide bonds. The zero-order chi connectivity index (χ0) is 14.0. The van der Waals surface area contributed by atoms with Crippen LogP contribution in [0.5, 0.6) is 11.5 Å². The van der Waals surface area contributed by atoms with Crippen LogP contribution in [0.3, 0.4) is 0 Å². The molecule has 19 heavy (non-hydrogen) atoms. The second-order valence-electron chi connectivity index (χ2n) is 4.69. The summed E-state index contributed by atoms with van der Waals surface area (Å²) in [7, 11) is 1.60. The largest absolute Gasteiger partial charge is 0.507 e. The summed E-state index contributed by atoms with van der Waals surface area (Å²) in [6.07, 6.45) is 0. The molecule has 4 heteroatoms. The number of pyridine rings is 1. The van der Waals surface area contributed by atoms with Crippen molar-refractivity contribution in [2.75, 3.05) is 7.11 Å². The van der Waals surface area contributed by atoms with Crippen molar-refractivity contribution in [3.8, 4) is 22.6 Å². The topological polar surface area (TPSA) is 62.3 Å². The molecule has 4 nitrogen and oxygen atoms in total. The number of benzene rings is 1. The quantitative estimate of drug-likeness (QED) is 0.891. The molecule has 0 atom stereocenters. The van der Waals surface area contributed by atoms with Crippen LogP contribution in [0, 0.1) is 0 Å². The molecule has 100 valence electrons. The van der Waals surface area contributed by atoms with E-state index in [9.17, 15) is 9.90 Å². The van der Waals surface area contributed by atoms with E-state index in [-0.39, 0.29) is 17.2 Å². The zero-order valence-electron chi connectivity index (χ0n) is 11.2. The van der Waals surface area contributed by atoms with E-state index in [1.54, 1.807) is 7.11 Å². The SMILES string of the molecule is COc1ccc(-c2c(O)cc(=O)[nH]c2C(C)C)cc1. The van der Waals surface area contributed by atoms with Crippen LogP contribution in [0.15, 0.2) is 35.1 Å². The summed E-state index contributed by atoms with van der Waals surface area (Å²) in [5.41, 5.74) is 1.95. The van der Waals surface area contributed by atoms with Gasteiger partial charge in [0.25, 0.3) is 5.56 Å². The monoisotopic (exact) mass is 259 g/mol. The lowest BCUT2D eigenvalue weighted by molar-refractivity contribution is 0.415. The molecule has 1 aromatic heterocycles. The van der Waals surface area contributed by atoms with E-state index in [4.69, 9.17) is 4.74 Å². The Morgan fingerprint density at radius 1 is 1.21 bits per heavy atom. The fourth-order valence-electron chi connectivity index (χ4n) is 2.06. The number of nitrogens with one attached hydrogen (secondary N) is 1. The van der Waals surface area contributed by atoms with Crippen LogP contribution in [0.1, 0.15) is 25.5 Å². The number of hydrogen-bond acceptors (Lipinski definition) is 3. The van der Waals surface area contributed by atoms with Crippen LogP contribution >= 0.6 is 0 Å². The van der Waals surface area contributed by atoms with Gasteiger partial charge in [-0.05, 0) is 23.6 Å². The Bertz CT molecular complexity index is 627. The van der Waals surface area contributed by atoms with E-state index in [1.165, 1.54) is 6.07 Å². The Kier molecular flexibility index (Phi) is 3.60. The summed E-state index contributed by atoms with van der Waals surface area (Å²) in [5.74, 6) is 0.855. The molecular weight excluding hydrogens is 242 g/mol. The van der Waals surface area contributed by atoms with Gasteiger partial charge in [0.05, 0.1) is 7.11 Å². The van der Waals surface area contributed by atoms with Gasteiger partial charge in [-0.25, -0.2) is 0 Å². The van der Waals surface area contributed by atoms with Crippen molar-refractivity contribution in [2.24, 2.45) is 0 Å². The summed E-state index contributed by atoms with van der Waals surface area (Å²) in [5, 5.41) is 10.0. The molecule has 0 aliphatic rings. The molecule has 0 aliphatic heterocycles. The third-order valence-electron chi connectivity index (χ3n) is 3.01. The van der Waals surface area contributed by atoms with Crippen LogP contribution in [-0.4, -0.2) is 17.2 Å². The zero-order valence-corrected chi connectivity index (χ0v) is 11.2. The lowest BCUT2D eigenvalue weighted by Crippen LogP contribution is -2.10. The third-order valence-corrected chi connectivity index (χ3v) is 3.01. The van der Waals surface area contributed by atoms with Crippen LogP contribution in [-0.2, 0) is 0 Å². The summed E-state index contributed by atoms with van der Waals surface area (Å²) < 4.78 is 5.11. The molecule has 0 radical (unpaired) electrons. The molecule has 1 heterocycles. The highest BCUT2D eigenvalue weighted by Gasteiger charge is 2.15. The molecule has 0 aliphatic carbocycles. The average Bonchev–Trinajstić information content (AvgIpc) is 2.38. The molecule has 0 saturated carbocycles. The van der Waals surface area contributed by atoms with Gasteiger partial charge in [0.2, 0.25) is 0 Å². The minimum Gasteiger partial charge on any atom is -0.507 e. The van der Waals surface area contributed by atoms with E-state index in [2.05, 4.69) is 4.98 Å². The summed E-state index contributed by atoms with van der Waals surface area (Å²) in [4.78, 5) is 14.3. The fraction of sp³-hybridized carbons (Fsp3) is 0.267. The maximum absolute atomic E-state index is 11.5. The number of rotatable bonds is 3. The van der Waals surface area contributed by atoms with Crippen molar-refractivity contribution in [1.82, 2.24) is 4.98 Å². The first-order valence-electron chi connectivity index (χ1n) is 6.13. The minimum atomic E-state index is -0.293. The predicted molar refractivity (Wildman–Crippen MR) is 74.8 cm³/mol. The fourth-order valence-corrected chi connectivity index (χ4v) is 2.06. The summed E-state index contributed by atoms with van der Waals surface area (Å²) in [6, 6.07) is 8.57. The average molecular weight is 259 g/mol. The van der Waals surface area contributed by atoms with Crippen LogP contribution in [0.25, 0.3) is 11.1 Å². The van der Waals surface area contributed by atoms with Crippen LogP contribution in [0.2, 0.25) is 0 Å². The van der Waals surface area contributed by atoms with Crippen LogP contribution in [0.4, 0.5) is 0 Å². The van der Waals surface area contributed by atoms with Gasteiger partial charge in [-0.3, -0.25) is 4.79 Å². The smallest absolute Gasteiger partial charge is 0.251 e. The molecule has 0 fully saturated rings. The lowest BCUT2D eigenvalue weighted by Gasteiger charge is -2.14. The molecule has 0 unspecified atom stereocenters. The van der Waals surface area contributed by atoms with Gasteiger partial charge in [0.15, 0.2) is 0 Å². The number of hydrogen-bond donors (Lipinski definition) is 2. The van der Waals surface area contributed by atoms with Gasteiger partial charge in [0, 0.05) is 17.3 Å². The number of ether oxygens (including phenoxy) is 1. The number of methoxy groups -OCH3 is 1. The number of aromatic nitrogens is 1. The highest BCUT2D eigenvalue weighted by atomic mass is 16.5. The lowest BCUT2D eigenvalue weighted by atomic mass is 9.97. The van der Waals surface area contributed by atoms with Gasteiger partial charge in [-0.15, -0.1) is 0 Å². The van der Waals surface area contributed by atoms with Crippen molar-refractivity contribution in [2.45, 2.75) is 19.8 Å². The molecular formula is C15H17NO3. The highest BCUT2D eigenvalue weighted by Crippen LogP contribution is 2.34. The highest BCUT2D eigenvalue weighted by molar-refractivity contribution is 5.73. The molecule has 2 N–H and O–H groups in total. The standard InChI is InChI=1S/C15H17NO3/c1-9(2)15-14(12(17)8-13(18)16-15)10-4-6-11(19-3)7-5-10/h4-9H,1-3H3,(H2,16,17,18). The summed E-state index contributed by atoms with van der Waals surface area (Å²) in [6.45, 7) is 3.94. The van der Waals surface area contributed by atoms with Gasteiger partial charge in [0.1, 0.15) is 11.5 Å². The number of aromatic amines is 1. The molecule has 0 bridgehead atoms. The summed E-state index contributed by atoms with van der Waals surface area (Å²) >= 11 is 0. The van der Waals surface area contributed by atoms with Gasteiger partial charge < -0.3 is 14.8 Å². The molecule has 2 aromatic rings. The van der Waals surface area contributed by atoms with Crippen LogP contribution < -0.4 is 10.3 Å². The Labute approximate surface area is 111 Å². The van der Waals surface area contributed by atoms with Crippen molar-refractivity contribution in [3.05, 3.63) is 46.4 Å². The van der Waals surface area contributed by atoms with Crippen molar-refractivity contribution >= 4 is 0 Å². The molecule has 2 rings (SSSR count). The normalized spacial score (nSPS) is 10.7. The Balaban J connectivity index is 2.62. The van der Waals surface area contributed by atoms with Crippen molar-refractivity contribution in [3.63, 3.8) is 0 Å². The predicted octanol–water partition coefficient (Wildman–Crippen LogP) is 2.88. The first-order chi connectivity index (χ1) is 9.02. The number of aromatic hydroxyl groups is 1. The third kappa shape index (κ3) is 2.62. The maximum Gasteiger partial charge on any atom is 0.251 e. The van der Waals surface area contributed by atoms with Crippen molar-refractivity contribution < 1.29 is 9.84 Å². The second-order valence-corrected chi connectivity index (χ2v) is 4.69. The van der Waals surface area contributed by atoms with E-state index in [0.717, 1.165) is 17.0 Å². The Morgan fingerprint density at radius 3 is 2.37 bits per heavy atom. The van der Waals surface area contributed by atoms with E-state index >= 15 is 0 Å². The van der Waals surface area contributed by atoms with Gasteiger partial charge in [-0.1, -0.05) is 26.0 Å².